The van der Waals surface area contributed by atoms with E-state index >= 15 is 0 Å². The first kappa shape index (κ1) is 38.9. The second-order valence-electron chi connectivity index (χ2n) is 8.58. The number of carbonyl (C=O) groups is 4. The molecule has 0 unspecified atom stereocenters. The van der Waals surface area contributed by atoms with E-state index in [0.717, 1.165) is 0 Å². The third-order valence-electron chi connectivity index (χ3n) is 4.92. The molecule has 0 saturated carbocycles. The summed E-state index contributed by atoms with van der Waals surface area (Å²) in [6, 6.07) is 0. The average Bonchev–Trinajstić information content (AvgIpc) is 2.93. The third-order valence-corrected chi connectivity index (χ3v) is 4.92. The second-order valence-corrected chi connectivity index (χ2v) is 8.58. The molecular formula is C24H43N4O14+. The van der Waals surface area contributed by atoms with E-state index in [2.05, 4.69) is 15.3 Å². The van der Waals surface area contributed by atoms with Crippen LogP contribution in [0.15, 0.2) is 5.11 Å². The average molecular weight is 612 g/mol. The predicted octanol–water partition coefficient (Wildman–Crippen LogP) is -0.678. The lowest BCUT2D eigenvalue weighted by Gasteiger charge is -2.34. The SMILES string of the molecule is N=[N+]=NCCOCCOCCOCCOCCC(=O)NC(COCCC(=O)O)(COCCC(=O)O)COCCC(=O)O. The predicted molar refractivity (Wildman–Crippen MR) is 140 cm³/mol. The molecule has 0 fully saturated rings. The van der Waals surface area contributed by atoms with Crippen molar-refractivity contribution in [3.8, 4) is 0 Å². The molecule has 242 valence electrons. The van der Waals surface area contributed by atoms with Gasteiger partial charge in [0.05, 0.1) is 112 Å². The van der Waals surface area contributed by atoms with Gasteiger partial charge in [-0.3, -0.25) is 19.2 Å². The van der Waals surface area contributed by atoms with Crippen LogP contribution in [0.4, 0.5) is 0 Å². The molecule has 0 aromatic heterocycles. The Morgan fingerprint density at radius 2 is 0.929 bits per heavy atom. The molecule has 0 spiro atoms. The summed E-state index contributed by atoms with van der Waals surface area (Å²) in [5.74, 6) is -3.72. The zero-order valence-corrected chi connectivity index (χ0v) is 23.7. The van der Waals surface area contributed by atoms with Gasteiger partial charge >= 0.3 is 17.9 Å². The molecule has 5 N–H and O–H groups in total. The number of nitrogens with zero attached hydrogens (tertiary/aromatic N) is 2. The molecule has 18 heteroatoms. The highest BCUT2D eigenvalue weighted by Crippen LogP contribution is 2.11. The van der Waals surface area contributed by atoms with Crippen molar-refractivity contribution in [2.75, 3.05) is 99.0 Å². The summed E-state index contributed by atoms with van der Waals surface area (Å²) >= 11 is 0. The quantitative estimate of drug-likeness (QED) is 0.0370. The molecule has 0 aliphatic carbocycles. The normalized spacial score (nSPS) is 11.1. The molecule has 0 atom stereocenters. The van der Waals surface area contributed by atoms with Crippen LogP contribution in [0.5, 0.6) is 0 Å². The Kier molecular flexibility index (Phi) is 24.8. The Hall–Kier alpha value is -3.09. The molecule has 0 rings (SSSR count). The molecular weight excluding hydrogens is 568 g/mol. The Morgan fingerprint density at radius 3 is 1.31 bits per heavy atom. The maximum absolute atomic E-state index is 12.7. The number of hydrogen-bond acceptors (Lipinski definition) is 13. The van der Waals surface area contributed by atoms with Crippen LogP contribution < -0.4 is 10.2 Å². The van der Waals surface area contributed by atoms with Gasteiger partial charge in [-0.1, -0.05) is 0 Å². The highest BCUT2D eigenvalue weighted by Gasteiger charge is 2.34. The van der Waals surface area contributed by atoms with E-state index in [4.69, 9.17) is 54.0 Å². The van der Waals surface area contributed by atoms with Crippen molar-refractivity contribution >= 4 is 23.8 Å². The van der Waals surface area contributed by atoms with Crippen LogP contribution >= 0.6 is 0 Å². The summed E-state index contributed by atoms with van der Waals surface area (Å²) < 4.78 is 37.6. The molecule has 1 amide bonds. The standard InChI is InChI=1S/C24H42N4O14/c25-28-26-5-10-37-12-14-39-16-15-38-13-11-36-6-1-20(29)27-24(17-40-7-2-21(30)31,18-41-8-3-22(32)33)19-42-9-4-23(34)35/h25H,1-19H2,(H3-,27,29,30,31,32,33,34,35)/p+1. The van der Waals surface area contributed by atoms with Crippen LogP contribution in [0, 0.1) is 5.53 Å². The zero-order chi connectivity index (χ0) is 31.3. The topological polar surface area (TPSA) is 256 Å². The smallest absolute Gasteiger partial charge is 0.305 e. The number of amides is 1. The number of carbonyl (C=O) groups excluding carboxylic acids is 1. The maximum atomic E-state index is 12.7. The van der Waals surface area contributed by atoms with Crippen LogP contribution in [0.1, 0.15) is 25.7 Å². The van der Waals surface area contributed by atoms with Crippen molar-refractivity contribution in [3.63, 3.8) is 0 Å². The Morgan fingerprint density at radius 1 is 0.571 bits per heavy atom. The van der Waals surface area contributed by atoms with Gasteiger partial charge < -0.3 is 53.8 Å². The number of ether oxygens (including phenoxy) is 7. The summed E-state index contributed by atoms with van der Waals surface area (Å²) in [5, 5.41) is 32.7. The van der Waals surface area contributed by atoms with Gasteiger partial charge in [0.25, 0.3) is 0 Å². The number of carboxylic acid groups (broad SMARTS) is 3. The van der Waals surface area contributed by atoms with E-state index in [0.29, 0.717) is 39.6 Å². The molecule has 0 radical (unpaired) electrons. The Labute approximate surface area is 243 Å². The van der Waals surface area contributed by atoms with Gasteiger partial charge in [-0.05, 0) is 0 Å². The van der Waals surface area contributed by atoms with Crippen molar-refractivity contribution in [3.05, 3.63) is 0 Å². The van der Waals surface area contributed by atoms with Crippen molar-refractivity contribution in [1.29, 1.82) is 5.53 Å². The Bertz CT molecular complexity index is 755. The number of rotatable bonds is 31. The monoisotopic (exact) mass is 611 g/mol. The lowest BCUT2D eigenvalue weighted by Crippen LogP contribution is -2.59. The highest BCUT2D eigenvalue weighted by molar-refractivity contribution is 5.77. The molecule has 0 heterocycles. The number of hydrogen-bond donors (Lipinski definition) is 5. The maximum Gasteiger partial charge on any atom is 0.305 e. The molecule has 0 aromatic carbocycles. The molecule has 0 aliphatic heterocycles. The third kappa shape index (κ3) is 25.8. The van der Waals surface area contributed by atoms with Crippen LogP contribution in [0.2, 0.25) is 0 Å². The molecule has 42 heavy (non-hydrogen) atoms. The van der Waals surface area contributed by atoms with Crippen molar-refractivity contribution in [2.45, 2.75) is 31.2 Å². The number of nitrogens with one attached hydrogen (secondary N) is 2. The van der Waals surface area contributed by atoms with Crippen LogP contribution in [-0.4, -0.2) is 144 Å². The fourth-order valence-electron chi connectivity index (χ4n) is 2.95. The summed E-state index contributed by atoms with van der Waals surface area (Å²) in [5.41, 5.74) is 5.17. The van der Waals surface area contributed by atoms with Crippen LogP contribution in [-0.2, 0) is 52.3 Å². The molecule has 0 saturated heterocycles. The molecule has 18 nitrogen and oxygen atoms in total. The summed E-state index contributed by atoms with van der Waals surface area (Å²) in [7, 11) is 0. The molecule has 0 bridgehead atoms. The fraction of sp³-hybridized carbons (Fsp3) is 0.833. The van der Waals surface area contributed by atoms with E-state index in [1.807, 2.05) is 0 Å². The minimum Gasteiger partial charge on any atom is -0.481 e. The number of aliphatic carboxylic acids is 3. The van der Waals surface area contributed by atoms with Gasteiger partial charge in [-0.2, -0.15) is 0 Å². The van der Waals surface area contributed by atoms with Gasteiger partial charge in [-0.15, -0.1) is 0 Å². The summed E-state index contributed by atoms with van der Waals surface area (Å²) in [4.78, 5) is 48.0. The summed E-state index contributed by atoms with van der Waals surface area (Å²) in [6.07, 6.45) is -0.931. The van der Waals surface area contributed by atoms with Gasteiger partial charge in [0.15, 0.2) is 0 Å². The summed E-state index contributed by atoms with van der Waals surface area (Å²) in [6.45, 7) is 1.52. The van der Waals surface area contributed by atoms with Gasteiger partial charge in [0.1, 0.15) is 22.7 Å². The van der Waals surface area contributed by atoms with Crippen LogP contribution in [0.25, 0.3) is 0 Å². The van der Waals surface area contributed by atoms with E-state index in [1.54, 1.807) is 0 Å². The lowest BCUT2D eigenvalue weighted by molar-refractivity contribution is -0.140. The van der Waals surface area contributed by atoms with Gasteiger partial charge in [0, 0.05) is 6.42 Å². The van der Waals surface area contributed by atoms with Crippen molar-refractivity contribution in [1.82, 2.24) is 10.2 Å². The second kappa shape index (κ2) is 26.8. The lowest BCUT2D eigenvalue weighted by atomic mass is 10.0. The van der Waals surface area contributed by atoms with E-state index in [-0.39, 0.29) is 85.1 Å². The van der Waals surface area contributed by atoms with Gasteiger partial charge in [0.2, 0.25) is 10.8 Å². The zero-order valence-electron chi connectivity index (χ0n) is 23.7. The van der Waals surface area contributed by atoms with E-state index in [9.17, 15) is 19.2 Å². The minimum atomic E-state index is -1.34. The first-order chi connectivity index (χ1) is 20.2. The van der Waals surface area contributed by atoms with Crippen molar-refractivity contribution in [2.24, 2.45) is 5.11 Å². The van der Waals surface area contributed by atoms with E-state index < -0.39 is 29.4 Å². The van der Waals surface area contributed by atoms with Crippen LogP contribution in [0.3, 0.4) is 0 Å². The van der Waals surface area contributed by atoms with E-state index in [1.165, 1.54) is 0 Å². The fourth-order valence-corrected chi connectivity index (χ4v) is 2.95. The first-order valence-electron chi connectivity index (χ1n) is 13.2. The minimum absolute atomic E-state index is 0.0541. The largest absolute Gasteiger partial charge is 0.481 e. The van der Waals surface area contributed by atoms with Crippen molar-refractivity contribution < 1.29 is 67.7 Å². The first-order valence-corrected chi connectivity index (χ1v) is 13.2. The Balaban J connectivity index is 4.54. The van der Waals surface area contributed by atoms with Gasteiger partial charge in [-0.25, -0.2) is 0 Å². The molecule has 0 aromatic rings. The number of carboxylic acids is 3. The molecule has 0 aliphatic rings. The highest BCUT2D eigenvalue weighted by atomic mass is 16.6.